The second-order valence-corrected chi connectivity index (χ2v) is 12.6. The zero-order valence-electron chi connectivity index (χ0n) is 13.2. The van der Waals surface area contributed by atoms with Gasteiger partial charge in [0.2, 0.25) is 0 Å². The molecule has 0 heterocycles. The number of aliphatic hydroxyl groups is 1. The van der Waals surface area contributed by atoms with Crippen LogP contribution in [0.3, 0.4) is 0 Å². The molecule has 0 amide bonds. The van der Waals surface area contributed by atoms with Crippen molar-refractivity contribution in [1.29, 1.82) is 0 Å². The fraction of sp³-hybridized carbons (Fsp3) is 0.529. The number of hydrogen-bond acceptors (Lipinski definition) is 1. The molecule has 0 aliphatic rings. The summed E-state index contributed by atoms with van der Waals surface area (Å²) in [5, 5.41) is 10.7. The number of rotatable bonds is 4. The van der Waals surface area contributed by atoms with E-state index in [2.05, 4.69) is 46.0 Å². The molecule has 0 radical (unpaired) electrons. The minimum atomic E-state index is -1.89. The zero-order valence-corrected chi connectivity index (χ0v) is 14.2. The van der Waals surface area contributed by atoms with Crippen LogP contribution in [0.1, 0.15) is 33.3 Å². The summed E-state index contributed by atoms with van der Waals surface area (Å²) < 4.78 is 0. The first-order chi connectivity index (χ1) is 8.64. The summed E-state index contributed by atoms with van der Waals surface area (Å²) in [6, 6.07) is 10.3. The number of benzene rings is 1. The van der Waals surface area contributed by atoms with Gasteiger partial charge in [0, 0.05) is 6.42 Å². The predicted molar refractivity (Wildman–Crippen MR) is 87.1 cm³/mol. The molecule has 1 aromatic carbocycles. The topological polar surface area (TPSA) is 20.2 Å². The minimum Gasteiger partial charge on any atom is -0.389 e. The summed E-state index contributed by atoms with van der Waals surface area (Å²) in [6.07, 6.45) is 4.70. The highest BCUT2D eigenvalue weighted by Crippen LogP contribution is 2.44. The van der Waals surface area contributed by atoms with Gasteiger partial charge in [-0.05, 0) is 17.5 Å². The van der Waals surface area contributed by atoms with Crippen LogP contribution >= 0.6 is 0 Å². The molecule has 106 valence electrons. The second-order valence-electron chi connectivity index (χ2n) is 6.96. The first-order valence-electron chi connectivity index (χ1n) is 7.04. The zero-order chi connectivity index (χ0) is 14.7. The van der Waals surface area contributed by atoms with E-state index in [1.165, 1.54) is 5.56 Å². The second kappa shape index (κ2) is 5.64. The first-order valence-corrected chi connectivity index (χ1v) is 10.0. The van der Waals surface area contributed by atoms with Gasteiger partial charge in [-0.15, -0.1) is 0 Å². The van der Waals surface area contributed by atoms with E-state index in [1.54, 1.807) is 0 Å². The van der Waals surface area contributed by atoms with Crippen LogP contribution in [0, 0.1) is 0 Å². The van der Waals surface area contributed by atoms with Gasteiger partial charge < -0.3 is 5.11 Å². The minimum absolute atomic E-state index is 0.149. The first kappa shape index (κ1) is 16.2. The smallest absolute Gasteiger partial charge is 0.0957 e. The molecule has 0 aliphatic heterocycles. The average Bonchev–Trinajstić information content (AvgIpc) is 2.28. The monoisotopic (exact) mass is 276 g/mol. The van der Waals surface area contributed by atoms with Gasteiger partial charge in [-0.3, -0.25) is 0 Å². The van der Waals surface area contributed by atoms with Crippen LogP contribution in [0.25, 0.3) is 0 Å². The van der Waals surface area contributed by atoms with Crippen molar-refractivity contribution in [3.8, 4) is 0 Å². The molecule has 0 unspecified atom stereocenters. The quantitative estimate of drug-likeness (QED) is 0.630. The highest BCUT2D eigenvalue weighted by molar-refractivity contribution is 6.83. The van der Waals surface area contributed by atoms with E-state index in [0.29, 0.717) is 6.42 Å². The maximum Gasteiger partial charge on any atom is 0.0957 e. The normalized spacial score (nSPS) is 16.6. The van der Waals surface area contributed by atoms with Gasteiger partial charge in [0.1, 0.15) is 0 Å². The Balaban J connectivity index is 3.18. The Bertz CT molecular complexity index is 428. The third-order valence-corrected chi connectivity index (χ3v) is 11.0. The number of allylic oxidation sites excluding steroid dienone is 1. The molecule has 0 aliphatic carbocycles. The maximum atomic E-state index is 11.3. The molecule has 2 heteroatoms. The molecular weight excluding hydrogens is 248 g/mol. The summed E-state index contributed by atoms with van der Waals surface area (Å²) >= 11 is 0. The van der Waals surface area contributed by atoms with Crippen LogP contribution in [0.15, 0.2) is 42.5 Å². The van der Waals surface area contributed by atoms with E-state index in [1.807, 2.05) is 37.3 Å². The van der Waals surface area contributed by atoms with Crippen LogP contribution < -0.4 is 0 Å². The van der Waals surface area contributed by atoms with Crippen molar-refractivity contribution in [2.75, 3.05) is 0 Å². The lowest BCUT2D eigenvalue weighted by Gasteiger charge is -2.48. The van der Waals surface area contributed by atoms with Crippen molar-refractivity contribution in [1.82, 2.24) is 0 Å². The standard InChI is InChI=1S/C17H28OSi/c1-7-13-17(18,19(5,6)16(2,3)4)14-15-11-9-8-10-12-15/h7-13,18H,14H2,1-6H3/b13-7-/t17-/m1/s1. The SMILES string of the molecule is C/C=C\[C@](O)(Cc1ccccc1)[Si](C)(C)C(C)(C)C. The van der Waals surface area contributed by atoms with E-state index >= 15 is 0 Å². The van der Waals surface area contributed by atoms with E-state index in [4.69, 9.17) is 0 Å². The van der Waals surface area contributed by atoms with Crippen molar-refractivity contribution in [2.24, 2.45) is 0 Å². The summed E-state index contributed by atoms with van der Waals surface area (Å²) in [5.74, 6) is 0. The predicted octanol–water partition coefficient (Wildman–Crippen LogP) is 4.58. The van der Waals surface area contributed by atoms with Gasteiger partial charge in [0.25, 0.3) is 0 Å². The molecule has 1 aromatic rings. The Kier molecular flexibility index (Phi) is 4.80. The molecular formula is C17H28OSi. The largest absolute Gasteiger partial charge is 0.389 e. The van der Waals surface area contributed by atoms with Gasteiger partial charge in [-0.25, -0.2) is 0 Å². The van der Waals surface area contributed by atoms with Crippen molar-refractivity contribution < 1.29 is 5.11 Å². The highest BCUT2D eigenvalue weighted by atomic mass is 28.3. The molecule has 1 N–H and O–H groups in total. The molecule has 1 atom stereocenters. The Morgan fingerprint density at radius 1 is 1.11 bits per heavy atom. The van der Waals surface area contributed by atoms with Crippen LogP contribution in [-0.2, 0) is 6.42 Å². The van der Waals surface area contributed by atoms with Gasteiger partial charge in [0.15, 0.2) is 0 Å². The molecule has 0 aromatic heterocycles. The van der Waals surface area contributed by atoms with E-state index < -0.39 is 13.3 Å². The lowest BCUT2D eigenvalue weighted by molar-refractivity contribution is 0.160. The lowest BCUT2D eigenvalue weighted by Crippen LogP contribution is -2.59. The van der Waals surface area contributed by atoms with Crippen molar-refractivity contribution in [3.63, 3.8) is 0 Å². The summed E-state index contributed by atoms with van der Waals surface area (Å²) in [4.78, 5) is 0. The maximum absolute atomic E-state index is 11.3. The third kappa shape index (κ3) is 3.37. The van der Waals surface area contributed by atoms with Gasteiger partial charge >= 0.3 is 0 Å². The van der Waals surface area contributed by atoms with Gasteiger partial charge in [0.05, 0.1) is 13.3 Å². The van der Waals surface area contributed by atoms with Gasteiger partial charge in [-0.1, -0.05) is 76.3 Å². The van der Waals surface area contributed by atoms with Crippen molar-refractivity contribution in [2.45, 2.75) is 57.5 Å². The van der Waals surface area contributed by atoms with Crippen molar-refractivity contribution in [3.05, 3.63) is 48.0 Å². The lowest BCUT2D eigenvalue weighted by atomic mass is 10.1. The fourth-order valence-electron chi connectivity index (χ4n) is 2.32. The van der Waals surface area contributed by atoms with E-state index in [0.717, 1.165) is 0 Å². The molecule has 0 saturated carbocycles. The van der Waals surface area contributed by atoms with Crippen LogP contribution in [0.4, 0.5) is 0 Å². The Morgan fingerprint density at radius 2 is 1.63 bits per heavy atom. The molecule has 0 bridgehead atoms. The Hall–Kier alpha value is -0.863. The molecule has 0 fully saturated rings. The van der Waals surface area contributed by atoms with E-state index in [9.17, 15) is 5.11 Å². The Labute approximate surface area is 119 Å². The number of hydrogen-bond donors (Lipinski definition) is 1. The molecule has 0 saturated heterocycles. The Morgan fingerprint density at radius 3 is 2.05 bits per heavy atom. The third-order valence-electron chi connectivity index (χ3n) is 4.72. The molecule has 1 nitrogen and oxygen atoms in total. The van der Waals surface area contributed by atoms with E-state index in [-0.39, 0.29) is 5.04 Å². The highest BCUT2D eigenvalue weighted by Gasteiger charge is 2.50. The summed E-state index contributed by atoms with van der Waals surface area (Å²) in [7, 11) is -1.89. The van der Waals surface area contributed by atoms with Crippen LogP contribution in [-0.4, -0.2) is 18.4 Å². The molecule has 0 spiro atoms. The fourth-order valence-corrected chi connectivity index (χ4v) is 4.85. The molecule has 1 rings (SSSR count). The average molecular weight is 276 g/mol. The summed E-state index contributed by atoms with van der Waals surface area (Å²) in [5.41, 5.74) is 1.20. The van der Waals surface area contributed by atoms with Gasteiger partial charge in [-0.2, -0.15) is 0 Å². The van der Waals surface area contributed by atoms with Crippen molar-refractivity contribution >= 4 is 8.07 Å². The summed E-state index contributed by atoms with van der Waals surface area (Å²) in [6.45, 7) is 13.3. The van der Waals surface area contributed by atoms with Crippen LogP contribution in [0.2, 0.25) is 18.1 Å². The molecule has 19 heavy (non-hydrogen) atoms. The van der Waals surface area contributed by atoms with Crippen LogP contribution in [0.5, 0.6) is 0 Å².